The summed E-state index contributed by atoms with van der Waals surface area (Å²) in [7, 11) is 1.62. The molecular formula is C21H23F3N2O2S. The van der Waals surface area contributed by atoms with E-state index in [-0.39, 0.29) is 18.5 Å². The monoisotopic (exact) mass is 424 g/mol. The van der Waals surface area contributed by atoms with Gasteiger partial charge in [0.2, 0.25) is 5.91 Å². The highest BCUT2D eigenvalue weighted by molar-refractivity contribution is 8.00. The molecule has 156 valence electrons. The Hall–Kier alpha value is -2.19. The lowest BCUT2D eigenvalue weighted by atomic mass is 10.0. The van der Waals surface area contributed by atoms with Crippen LogP contribution in [0.2, 0.25) is 0 Å². The molecule has 0 aliphatic carbocycles. The molecule has 1 aliphatic rings. The van der Waals surface area contributed by atoms with E-state index in [1.54, 1.807) is 7.11 Å². The first-order valence-corrected chi connectivity index (χ1v) is 10.3. The first kappa shape index (κ1) is 21.5. The Morgan fingerprint density at radius 1 is 1.21 bits per heavy atom. The molecule has 0 saturated carbocycles. The van der Waals surface area contributed by atoms with E-state index in [1.807, 2.05) is 48.5 Å². The van der Waals surface area contributed by atoms with Crippen molar-refractivity contribution in [1.82, 2.24) is 10.6 Å². The van der Waals surface area contributed by atoms with Crippen molar-refractivity contribution in [2.24, 2.45) is 0 Å². The summed E-state index contributed by atoms with van der Waals surface area (Å²) in [6.07, 6.45) is -3.64. The van der Waals surface area contributed by atoms with Gasteiger partial charge in [-0.2, -0.15) is 13.2 Å². The molecule has 1 amide bonds. The number of para-hydroxylation sites is 1. The van der Waals surface area contributed by atoms with Gasteiger partial charge in [0, 0.05) is 18.2 Å². The van der Waals surface area contributed by atoms with E-state index in [0.717, 1.165) is 22.4 Å². The highest BCUT2D eigenvalue weighted by Crippen LogP contribution is 2.36. The number of carbonyl (C=O) groups is 1. The molecular weight excluding hydrogens is 401 g/mol. The fourth-order valence-corrected chi connectivity index (χ4v) is 4.51. The normalized spacial score (nSPS) is 20.1. The molecule has 29 heavy (non-hydrogen) atoms. The second-order valence-electron chi connectivity index (χ2n) is 6.82. The molecule has 1 heterocycles. The summed E-state index contributed by atoms with van der Waals surface area (Å²) in [4.78, 5) is 12.7. The lowest BCUT2D eigenvalue weighted by molar-refractivity contribution is -0.125. The Labute approximate surface area is 172 Å². The molecule has 0 radical (unpaired) electrons. The first-order valence-electron chi connectivity index (χ1n) is 9.30. The van der Waals surface area contributed by atoms with Gasteiger partial charge in [-0.25, -0.2) is 0 Å². The maximum Gasteiger partial charge on any atom is 0.401 e. The number of alkyl halides is 3. The standard InChI is InChI=1S/C21H23F3N2O2S/c1-28-18-8-3-2-7-17(18)14-5-4-6-15(11-14)19-20(27)26-16(9-10-29-19)12-25-13-21(22,23)24/h2-8,11,16,19,25H,9-10,12-13H2,1H3,(H,26,27)/t16-,19+/m0/s1. The average Bonchev–Trinajstić information content (AvgIpc) is 2.88. The lowest BCUT2D eigenvalue weighted by Crippen LogP contribution is -2.44. The zero-order chi connectivity index (χ0) is 20.9. The average molecular weight is 424 g/mol. The number of amides is 1. The molecule has 1 fully saturated rings. The molecule has 0 bridgehead atoms. The van der Waals surface area contributed by atoms with Gasteiger partial charge in [0.15, 0.2) is 0 Å². The molecule has 0 aromatic heterocycles. The fourth-order valence-electron chi connectivity index (χ4n) is 3.29. The predicted molar refractivity (Wildman–Crippen MR) is 109 cm³/mol. The summed E-state index contributed by atoms with van der Waals surface area (Å²) in [5.74, 6) is 1.25. The van der Waals surface area contributed by atoms with E-state index in [2.05, 4.69) is 10.6 Å². The molecule has 2 atom stereocenters. The molecule has 1 saturated heterocycles. The Morgan fingerprint density at radius 3 is 2.76 bits per heavy atom. The van der Waals surface area contributed by atoms with Crippen LogP contribution in [0.4, 0.5) is 13.2 Å². The Bertz CT molecular complexity index is 845. The van der Waals surface area contributed by atoms with Gasteiger partial charge in [-0.1, -0.05) is 36.4 Å². The van der Waals surface area contributed by atoms with Gasteiger partial charge in [-0.3, -0.25) is 4.79 Å². The van der Waals surface area contributed by atoms with Crippen LogP contribution in [-0.4, -0.2) is 44.1 Å². The topological polar surface area (TPSA) is 50.4 Å². The van der Waals surface area contributed by atoms with Crippen molar-refractivity contribution in [3.63, 3.8) is 0 Å². The smallest absolute Gasteiger partial charge is 0.401 e. The van der Waals surface area contributed by atoms with Crippen LogP contribution in [0.1, 0.15) is 17.2 Å². The zero-order valence-corrected chi connectivity index (χ0v) is 16.8. The van der Waals surface area contributed by atoms with Crippen LogP contribution in [0.3, 0.4) is 0 Å². The third kappa shape index (κ3) is 5.90. The molecule has 2 aromatic rings. The van der Waals surface area contributed by atoms with Crippen LogP contribution in [0, 0.1) is 0 Å². The van der Waals surface area contributed by atoms with Crippen molar-refractivity contribution < 1.29 is 22.7 Å². The number of hydrogen-bond acceptors (Lipinski definition) is 4. The Morgan fingerprint density at radius 2 is 2.00 bits per heavy atom. The number of methoxy groups -OCH3 is 1. The minimum Gasteiger partial charge on any atom is -0.496 e. The number of nitrogens with one attached hydrogen (secondary N) is 2. The van der Waals surface area contributed by atoms with Crippen molar-refractivity contribution in [2.45, 2.75) is 23.9 Å². The molecule has 0 unspecified atom stereocenters. The maximum absolute atomic E-state index is 12.7. The largest absolute Gasteiger partial charge is 0.496 e. The number of carbonyl (C=O) groups excluding carboxylic acids is 1. The number of rotatable bonds is 6. The van der Waals surface area contributed by atoms with E-state index >= 15 is 0 Å². The van der Waals surface area contributed by atoms with Crippen LogP contribution in [0.15, 0.2) is 48.5 Å². The van der Waals surface area contributed by atoms with Crippen LogP contribution >= 0.6 is 11.8 Å². The minimum atomic E-state index is -4.26. The minimum absolute atomic E-state index is 0.0970. The number of thioether (sulfide) groups is 1. The summed E-state index contributed by atoms with van der Waals surface area (Å²) in [6, 6.07) is 15.1. The third-order valence-electron chi connectivity index (χ3n) is 4.66. The summed E-state index contributed by atoms with van der Waals surface area (Å²) >= 11 is 1.51. The molecule has 0 spiro atoms. The number of hydrogen-bond donors (Lipinski definition) is 2. The highest BCUT2D eigenvalue weighted by atomic mass is 32.2. The van der Waals surface area contributed by atoms with Crippen LogP contribution < -0.4 is 15.4 Å². The van der Waals surface area contributed by atoms with Gasteiger partial charge in [-0.05, 0) is 35.4 Å². The van der Waals surface area contributed by atoms with Crippen molar-refractivity contribution >= 4 is 17.7 Å². The van der Waals surface area contributed by atoms with Crippen LogP contribution in [-0.2, 0) is 4.79 Å². The first-order chi connectivity index (χ1) is 13.9. The van der Waals surface area contributed by atoms with Gasteiger partial charge in [0.05, 0.1) is 13.7 Å². The van der Waals surface area contributed by atoms with Crippen LogP contribution in [0.5, 0.6) is 5.75 Å². The van der Waals surface area contributed by atoms with Crippen molar-refractivity contribution in [2.75, 3.05) is 26.0 Å². The van der Waals surface area contributed by atoms with Crippen LogP contribution in [0.25, 0.3) is 11.1 Å². The molecule has 1 aliphatic heterocycles. The Balaban J connectivity index is 1.72. The van der Waals surface area contributed by atoms with E-state index in [1.165, 1.54) is 11.8 Å². The van der Waals surface area contributed by atoms with Gasteiger partial charge in [0.1, 0.15) is 11.0 Å². The number of halogens is 3. The molecule has 3 rings (SSSR count). The molecule has 8 heteroatoms. The summed E-state index contributed by atoms with van der Waals surface area (Å²) in [6.45, 7) is -0.962. The summed E-state index contributed by atoms with van der Waals surface area (Å²) in [5.41, 5.74) is 2.74. The van der Waals surface area contributed by atoms with Crippen molar-refractivity contribution in [3.8, 4) is 16.9 Å². The van der Waals surface area contributed by atoms with Crippen molar-refractivity contribution in [1.29, 1.82) is 0 Å². The van der Waals surface area contributed by atoms with E-state index in [0.29, 0.717) is 12.2 Å². The number of ether oxygens (including phenoxy) is 1. The lowest BCUT2D eigenvalue weighted by Gasteiger charge is -2.19. The maximum atomic E-state index is 12.7. The molecule has 2 aromatic carbocycles. The number of benzene rings is 2. The second-order valence-corrected chi connectivity index (χ2v) is 8.03. The van der Waals surface area contributed by atoms with Gasteiger partial charge < -0.3 is 15.4 Å². The van der Waals surface area contributed by atoms with Gasteiger partial charge >= 0.3 is 6.18 Å². The zero-order valence-electron chi connectivity index (χ0n) is 16.0. The van der Waals surface area contributed by atoms with Crippen molar-refractivity contribution in [3.05, 3.63) is 54.1 Å². The third-order valence-corrected chi connectivity index (χ3v) is 5.95. The predicted octanol–water partition coefficient (Wildman–Crippen LogP) is 4.18. The molecule has 4 nitrogen and oxygen atoms in total. The van der Waals surface area contributed by atoms with E-state index in [9.17, 15) is 18.0 Å². The highest BCUT2D eigenvalue weighted by Gasteiger charge is 2.30. The Kier molecular flexibility index (Phi) is 7.08. The quantitative estimate of drug-likeness (QED) is 0.731. The van der Waals surface area contributed by atoms with E-state index < -0.39 is 18.0 Å². The fraction of sp³-hybridized carbons (Fsp3) is 0.381. The van der Waals surface area contributed by atoms with E-state index in [4.69, 9.17) is 4.74 Å². The molecule has 2 N–H and O–H groups in total. The summed E-state index contributed by atoms with van der Waals surface area (Å²) < 4.78 is 42.4. The second kappa shape index (κ2) is 9.54. The SMILES string of the molecule is COc1ccccc1-c1cccc([C@H]2SCC[C@@H](CNCC(F)(F)F)NC2=O)c1. The summed E-state index contributed by atoms with van der Waals surface area (Å²) in [5, 5.41) is 4.85. The van der Waals surface area contributed by atoms with Gasteiger partial charge in [-0.15, -0.1) is 11.8 Å². The van der Waals surface area contributed by atoms with Gasteiger partial charge in [0.25, 0.3) is 0 Å².